The van der Waals surface area contributed by atoms with Crippen molar-refractivity contribution in [2.24, 2.45) is 5.92 Å². The lowest BCUT2D eigenvalue weighted by atomic mass is 9.89. The summed E-state index contributed by atoms with van der Waals surface area (Å²) in [6.07, 6.45) is 7.80. The number of rotatable bonds is 4. The molecule has 2 aliphatic rings. The van der Waals surface area contributed by atoms with E-state index in [1.54, 1.807) is 4.90 Å². The average molecular weight is 379 g/mol. The molecular weight excluding hydrogens is 348 g/mol. The van der Waals surface area contributed by atoms with Crippen LogP contribution in [0.25, 0.3) is 0 Å². The fourth-order valence-corrected chi connectivity index (χ4v) is 5.32. The van der Waals surface area contributed by atoms with Gasteiger partial charge in [0.05, 0.1) is 11.8 Å². The highest BCUT2D eigenvalue weighted by Gasteiger charge is 2.27. The van der Waals surface area contributed by atoms with E-state index < -0.39 is 9.84 Å². The summed E-state index contributed by atoms with van der Waals surface area (Å²) in [6, 6.07) is 6.42. The number of sulfone groups is 1. The lowest BCUT2D eigenvalue weighted by Crippen LogP contribution is -2.47. The number of aryl methyl sites for hydroxylation is 2. The zero-order valence-corrected chi connectivity index (χ0v) is 16.6. The molecule has 0 radical (unpaired) electrons. The minimum atomic E-state index is -3.01. The van der Waals surface area contributed by atoms with E-state index in [-0.39, 0.29) is 23.7 Å². The van der Waals surface area contributed by atoms with E-state index in [0.29, 0.717) is 13.1 Å². The Balaban J connectivity index is 1.60. The van der Waals surface area contributed by atoms with Crippen molar-refractivity contribution < 1.29 is 13.2 Å². The number of hydrogen-bond donors (Lipinski definition) is 1. The summed E-state index contributed by atoms with van der Waals surface area (Å²) in [5, 5.41) is 3.09. The van der Waals surface area contributed by atoms with Crippen LogP contribution in [0.1, 0.15) is 55.3 Å². The summed E-state index contributed by atoms with van der Waals surface area (Å²) in [5.74, 6) is 0.209. The number of hydrogen-bond acceptors (Lipinski definition) is 3. The van der Waals surface area contributed by atoms with Crippen LogP contribution in [0.4, 0.5) is 4.79 Å². The topological polar surface area (TPSA) is 66.5 Å². The van der Waals surface area contributed by atoms with Crippen LogP contribution in [0.3, 0.4) is 0 Å². The van der Waals surface area contributed by atoms with Crippen molar-refractivity contribution in [1.82, 2.24) is 10.2 Å². The summed E-state index contributed by atoms with van der Waals surface area (Å²) in [5.41, 5.74) is 4.00. The highest BCUT2D eigenvalue weighted by Crippen LogP contribution is 2.25. The molecule has 2 amide bonds. The standard InChI is InChI=1S/C20H30N2O3S/c1-15(18-10-9-17-7-3-4-8-19(17)12-18)21-20(23)22-11-5-6-16(13-22)14-26(2,24)25/h9-10,12,15-16H,3-8,11,13-14H2,1-2H3,(H,21,23)/t15-,16+/m0/s1. The van der Waals surface area contributed by atoms with E-state index in [2.05, 4.69) is 23.5 Å². The van der Waals surface area contributed by atoms with Crippen LogP contribution < -0.4 is 5.32 Å². The second-order valence-corrected chi connectivity index (χ2v) is 10.1. The first-order valence-corrected chi connectivity index (χ1v) is 11.7. The number of piperidine rings is 1. The molecule has 1 heterocycles. The molecule has 2 atom stereocenters. The van der Waals surface area contributed by atoms with Gasteiger partial charge in [0.2, 0.25) is 0 Å². The Hall–Kier alpha value is -1.56. The second-order valence-electron chi connectivity index (χ2n) is 7.95. The Morgan fingerprint density at radius 1 is 1.23 bits per heavy atom. The summed E-state index contributed by atoms with van der Waals surface area (Å²) < 4.78 is 23.1. The number of nitrogens with one attached hydrogen (secondary N) is 1. The molecule has 1 fully saturated rings. The van der Waals surface area contributed by atoms with E-state index in [0.717, 1.165) is 31.2 Å². The van der Waals surface area contributed by atoms with E-state index in [1.807, 2.05) is 6.92 Å². The zero-order valence-electron chi connectivity index (χ0n) is 15.8. The molecule has 0 unspecified atom stereocenters. The van der Waals surface area contributed by atoms with Crippen LogP contribution >= 0.6 is 0 Å². The Bertz CT molecular complexity index is 760. The Morgan fingerprint density at radius 3 is 2.69 bits per heavy atom. The van der Waals surface area contributed by atoms with Gasteiger partial charge in [0.15, 0.2) is 0 Å². The van der Waals surface area contributed by atoms with Crippen molar-refractivity contribution in [2.75, 3.05) is 25.1 Å². The van der Waals surface area contributed by atoms with Crippen LogP contribution in [0.2, 0.25) is 0 Å². The van der Waals surface area contributed by atoms with Crippen molar-refractivity contribution in [3.05, 3.63) is 34.9 Å². The molecule has 0 spiro atoms. The van der Waals surface area contributed by atoms with Gasteiger partial charge in [-0.05, 0) is 68.1 Å². The third kappa shape index (κ3) is 5.00. The molecule has 1 saturated heterocycles. The predicted molar refractivity (Wildman–Crippen MR) is 104 cm³/mol. The zero-order chi connectivity index (χ0) is 18.7. The Labute approximate surface area is 157 Å². The van der Waals surface area contributed by atoms with Crippen LogP contribution in [0, 0.1) is 5.92 Å². The monoisotopic (exact) mass is 378 g/mol. The first kappa shape index (κ1) is 19.2. The number of benzene rings is 1. The Morgan fingerprint density at radius 2 is 1.96 bits per heavy atom. The number of nitrogens with zero attached hydrogens (tertiary/aromatic N) is 1. The van der Waals surface area contributed by atoms with Crippen LogP contribution in [0.15, 0.2) is 18.2 Å². The Kier molecular flexibility index (Phi) is 5.90. The molecule has 6 heteroatoms. The molecule has 1 aliphatic carbocycles. The van der Waals surface area contributed by atoms with E-state index >= 15 is 0 Å². The molecule has 1 aliphatic heterocycles. The lowest BCUT2D eigenvalue weighted by Gasteiger charge is -2.33. The third-order valence-corrected chi connectivity index (χ3v) is 6.63. The number of urea groups is 1. The maximum atomic E-state index is 12.6. The second kappa shape index (κ2) is 7.99. The smallest absolute Gasteiger partial charge is 0.317 e. The fourth-order valence-electron chi connectivity index (χ4n) is 4.20. The molecule has 1 N–H and O–H groups in total. The minimum absolute atomic E-state index is 0.0450. The first-order chi connectivity index (χ1) is 12.3. The SMILES string of the molecule is C[C@H](NC(=O)N1CCC[C@@H](CS(C)(=O)=O)C1)c1ccc2c(c1)CCCC2. The molecule has 3 rings (SSSR count). The van der Waals surface area contributed by atoms with Crippen molar-refractivity contribution in [3.63, 3.8) is 0 Å². The summed E-state index contributed by atoms with van der Waals surface area (Å²) in [4.78, 5) is 14.4. The molecular formula is C20H30N2O3S. The van der Waals surface area contributed by atoms with E-state index in [9.17, 15) is 13.2 Å². The van der Waals surface area contributed by atoms with Gasteiger partial charge in [0, 0.05) is 19.3 Å². The summed E-state index contributed by atoms with van der Waals surface area (Å²) in [7, 11) is -3.01. The summed E-state index contributed by atoms with van der Waals surface area (Å²) in [6.45, 7) is 3.24. The highest BCUT2D eigenvalue weighted by molar-refractivity contribution is 7.90. The highest BCUT2D eigenvalue weighted by atomic mass is 32.2. The molecule has 0 bridgehead atoms. The third-order valence-electron chi connectivity index (χ3n) is 5.56. The van der Waals surface area contributed by atoms with Crippen LogP contribution in [0.5, 0.6) is 0 Å². The van der Waals surface area contributed by atoms with Crippen molar-refractivity contribution in [1.29, 1.82) is 0 Å². The van der Waals surface area contributed by atoms with E-state index in [4.69, 9.17) is 0 Å². The lowest BCUT2D eigenvalue weighted by molar-refractivity contribution is 0.167. The van der Waals surface area contributed by atoms with Gasteiger partial charge in [-0.2, -0.15) is 0 Å². The molecule has 0 saturated carbocycles. The number of carbonyl (C=O) groups is 1. The molecule has 144 valence electrons. The minimum Gasteiger partial charge on any atom is -0.331 e. The van der Waals surface area contributed by atoms with Gasteiger partial charge >= 0.3 is 6.03 Å². The maximum absolute atomic E-state index is 12.6. The number of likely N-dealkylation sites (tertiary alicyclic amines) is 1. The van der Waals surface area contributed by atoms with Crippen LogP contribution in [-0.4, -0.2) is 44.4 Å². The normalized spacial score (nSPS) is 21.8. The maximum Gasteiger partial charge on any atom is 0.317 e. The van der Waals surface area contributed by atoms with Gasteiger partial charge in [-0.3, -0.25) is 0 Å². The molecule has 26 heavy (non-hydrogen) atoms. The van der Waals surface area contributed by atoms with Gasteiger partial charge in [-0.15, -0.1) is 0 Å². The number of amides is 2. The van der Waals surface area contributed by atoms with Crippen LogP contribution in [-0.2, 0) is 22.7 Å². The first-order valence-electron chi connectivity index (χ1n) is 9.67. The fraction of sp³-hybridized carbons (Fsp3) is 0.650. The van der Waals surface area contributed by atoms with Gasteiger partial charge < -0.3 is 10.2 Å². The van der Waals surface area contributed by atoms with Crippen molar-refractivity contribution in [3.8, 4) is 0 Å². The number of carbonyl (C=O) groups excluding carboxylic acids is 1. The molecule has 5 nitrogen and oxygen atoms in total. The van der Waals surface area contributed by atoms with Gasteiger partial charge in [0.25, 0.3) is 0 Å². The largest absolute Gasteiger partial charge is 0.331 e. The summed E-state index contributed by atoms with van der Waals surface area (Å²) >= 11 is 0. The molecule has 0 aromatic heterocycles. The van der Waals surface area contributed by atoms with Crippen molar-refractivity contribution in [2.45, 2.75) is 51.5 Å². The van der Waals surface area contributed by atoms with Crippen molar-refractivity contribution >= 4 is 15.9 Å². The van der Waals surface area contributed by atoms with Gasteiger partial charge in [-0.25, -0.2) is 13.2 Å². The molecule has 1 aromatic rings. The van der Waals surface area contributed by atoms with Gasteiger partial charge in [0.1, 0.15) is 9.84 Å². The van der Waals surface area contributed by atoms with Gasteiger partial charge in [-0.1, -0.05) is 18.2 Å². The van der Waals surface area contributed by atoms with E-state index in [1.165, 1.54) is 30.2 Å². The predicted octanol–water partition coefficient (Wildman–Crippen LogP) is 3.09. The number of fused-ring (bicyclic) bond motifs is 1. The molecule has 1 aromatic carbocycles. The quantitative estimate of drug-likeness (QED) is 0.875. The average Bonchev–Trinajstić information content (AvgIpc) is 2.60.